The normalized spacial score (nSPS) is 39.8. The van der Waals surface area contributed by atoms with Crippen LogP contribution in [0.25, 0.3) is 0 Å². The molecule has 0 spiro atoms. The van der Waals surface area contributed by atoms with Crippen LogP contribution in [0.1, 0.15) is 39.5 Å². The fourth-order valence-corrected chi connectivity index (χ4v) is 2.03. The average molecular weight is 187 g/mol. The first-order chi connectivity index (χ1) is 5.60. The molecular weight excluding hydrogens is 166 g/mol. The van der Waals surface area contributed by atoms with Gasteiger partial charge >= 0.3 is 0 Å². The summed E-state index contributed by atoms with van der Waals surface area (Å²) in [6.45, 7) is 6.90. The second kappa shape index (κ2) is 4.52. The molecule has 1 fully saturated rings. The third-order valence-corrected chi connectivity index (χ3v) is 3.19. The van der Waals surface area contributed by atoms with Gasteiger partial charge in [-0.15, -0.1) is 0 Å². The molecule has 0 aromatic rings. The van der Waals surface area contributed by atoms with Gasteiger partial charge < -0.3 is 5.32 Å². The molecule has 1 heterocycles. The molecule has 0 aliphatic carbocycles. The minimum absolute atomic E-state index is 0.261. The maximum absolute atomic E-state index is 4.67. The number of nitrogens with one attached hydrogen (secondary N) is 1. The summed E-state index contributed by atoms with van der Waals surface area (Å²) in [6.07, 6.45) is 5.15. The molecule has 2 unspecified atom stereocenters. The predicted octanol–water partition coefficient (Wildman–Crippen LogP) is 2.47. The van der Waals surface area contributed by atoms with Crippen molar-refractivity contribution in [2.75, 3.05) is 13.1 Å². The van der Waals surface area contributed by atoms with Crippen LogP contribution in [-0.2, 0) is 0 Å². The van der Waals surface area contributed by atoms with E-state index in [1.54, 1.807) is 0 Å². The van der Waals surface area contributed by atoms with E-state index in [1.807, 2.05) is 0 Å². The van der Waals surface area contributed by atoms with Crippen molar-refractivity contribution in [2.45, 2.75) is 44.3 Å². The lowest BCUT2D eigenvalue weighted by atomic mass is 9.97. The molecule has 1 saturated heterocycles. The lowest BCUT2D eigenvalue weighted by molar-refractivity contribution is 0.476. The molecule has 2 atom stereocenters. The zero-order chi connectivity index (χ0) is 9.03. The molecule has 0 aromatic carbocycles. The first-order valence-corrected chi connectivity index (χ1v) is 5.48. The topological polar surface area (TPSA) is 12.0 Å². The van der Waals surface area contributed by atoms with Crippen molar-refractivity contribution >= 4 is 12.6 Å². The van der Waals surface area contributed by atoms with Crippen molar-refractivity contribution in [3.63, 3.8) is 0 Å². The molecule has 1 aliphatic heterocycles. The van der Waals surface area contributed by atoms with Crippen LogP contribution in [0.15, 0.2) is 0 Å². The van der Waals surface area contributed by atoms with E-state index in [-0.39, 0.29) is 4.75 Å². The highest BCUT2D eigenvalue weighted by Gasteiger charge is 2.19. The van der Waals surface area contributed by atoms with Gasteiger partial charge in [-0.2, -0.15) is 12.6 Å². The van der Waals surface area contributed by atoms with E-state index < -0.39 is 0 Å². The van der Waals surface area contributed by atoms with E-state index in [2.05, 4.69) is 31.8 Å². The second-order valence-corrected chi connectivity index (χ2v) is 5.53. The molecule has 1 aliphatic rings. The van der Waals surface area contributed by atoms with Crippen LogP contribution in [0.4, 0.5) is 0 Å². The Morgan fingerprint density at radius 3 is 2.92 bits per heavy atom. The highest BCUT2D eigenvalue weighted by Crippen LogP contribution is 2.26. The molecule has 2 heteroatoms. The molecule has 0 aromatic heterocycles. The van der Waals surface area contributed by atoms with Crippen molar-refractivity contribution < 1.29 is 0 Å². The van der Waals surface area contributed by atoms with Gasteiger partial charge in [-0.05, 0) is 38.3 Å². The van der Waals surface area contributed by atoms with Crippen molar-refractivity contribution in [3.05, 3.63) is 0 Å². The highest BCUT2D eigenvalue weighted by atomic mass is 32.1. The number of hydrogen-bond donors (Lipinski definition) is 2. The minimum atomic E-state index is 0.261. The molecule has 0 radical (unpaired) electrons. The highest BCUT2D eigenvalue weighted by molar-refractivity contribution is 7.81. The van der Waals surface area contributed by atoms with Crippen LogP contribution in [-0.4, -0.2) is 17.8 Å². The summed E-state index contributed by atoms with van der Waals surface area (Å²) >= 11 is 4.67. The zero-order valence-electron chi connectivity index (χ0n) is 8.27. The number of thiol groups is 1. The van der Waals surface area contributed by atoms with E-state index in [0.29, 0.717) is 0 Å². The van der Waals surface area contributed by atoms with Crippen molar-refractivity contribution in [1.82, 2.24) is 5.32 Å². The van der Waals surface area contributed by atoms with Gasteiger partial charge in [0.15, 0.2) is 0 Å². The van der Waals surface area contributed by atoms with Crippen molar-refractivity contribution in [2.24, 2.45) is 5.92 Å². The summed E-state index contributed by atoms with van der Waals surface area (Å²) in [5.41, 5.74) is 0. The van der Waals surface area contributed by atoms with Gasteiger partial charge in [0.05, 0.1) is 0 Å². The summed E-state index contributed by atoms with van der Waals surface area (Å²) < 4.78 is 0.261. The fourth-order valence-electron chi connectivity index (χ4n) is 1.76. The van der Waals surface area contributed by atoms with Crippen molar-refractivity contribution in [1.29, 1.82) is 0 Å². The smallest absolute Gasteiger partial charge is 0.0113 e. The summed E-state index contributed by atoms with van der Waals surface area (Å²) in [6, 6.07) is 0. The van der Waals surface area contributed by atoms with Crippen LogP contribution in [0.3, 0.4) is 0 Å². The van der Waals surface area contributed by atoms with Gasteiger partial charge in [-0.25, -0.2) is 0 Å². The zero-order valence-corrected chi connectivity index (χ0v) is 9.16. The third kappa shape index (κ3) is 3.81. The minimum Gasteiger partial charge on any atom is -0.316 e. The molecule has 1 nitrogen and oxygen atoms in total. The largest absolute Gasteiger partial charge is 0.316 e. The quantitative estimate of drug-likeness (QED) is 0.555. The van der Waals surface area contributed by atoms with E-state index in [1.165, 1.54) is 32.2 Å². The van der Waals surface area contributed by atoms with E-state index in [9.17, 15) is 0 Å². The van der Waals surface area contributed by atoms with Crippen LogP contribution in [0, 0.1) is 5.92 Å². The van der Waals surface area contributed by atoms with Gasteiger partial charge in [0.25, 0.3) is 0 Å². The SMILES string of the molecule is CC1CCCC(C)(S)CCNC1. The number of hydrogen-bond acceptors (Lipinski definition) is 2. The Balaban J connectivity index is 2.37. The lowest BCUT2D eigenvalue weighted by Crippen LogP contribution is -2.25. The Hall–Kier alpha value is 0.310. The van der Waals surface area contributed by atoms with Crippen LogP contribution >= 0.6 is 12.6 Å². The van der Waals surface area contributed by atoms with Crippen molar-refractivity contribution in [3.8, 4) is 0 Å². The monoisotopic (exact) mass is 187 g/mol. The molecule has 72 valence electrons. The van der Waals surface area contributed by atoms with E-state index >= 15 is 0 Å². The van der Waals surface area contributed by atoms with Gasteiger partial charge in [0.1, 0.15) is 0 Å². The lowest BCUT2D eigenvalue weighted by Gasteiger charge is -2.22. The molecule has 1 N–H and O–H groups in total. The summed E-state index contributed by atoms with van der Waals surface area (Å²) in [4.78, 5) is 0. The predicted molar refractivity (Wildman–Crippen MR) is 57.9 cm³/mol. The maximum atomic E-state index is 4.67. The van der Waals surface area contributed by atoms with Gasteiger partial charge in [-0.1, -0.05) is 20.3 Å². The Kier molecular flexibility index (Phi) is 3.91. The van der Waals surface area contributed by atoms with E-state index in [4.69, 9.17) is 0 Å². The standard InChI is InChI=1S/C10H21NS/c1-9-4-3-5-10(2,12)6-7-11-8-9/h9,11-12H,3-8H2,1-2H3. The molecule has 12 heavy (non-hydrogen) atoms. The molecule has 0 saturated carbocycles. The Morgan fingerprint density at radius 2 is 2.17 bits per heavy atom. The summed E-state index contributed by atoms with van der Waals surface area (Å²) in [7, 11) is 0. The Labute approximate surface area is 81.7 Å². The van der Waals surface area contributed by atoms with Gasteiger partial charge in [0, 0.05) is 4.75 Å². The molecule has 0 amide bonds. The van der Waals surface area contributed by atoms with Crippen LogP contribution < -0.4 is 5.32 Å². The average Bonchev–Trinajstić information content (AvgIpc) is 2.02. The summed E-state index contributed by atoms with van der Waals surface area (Å²) in [5.74, 6) is 0.840. The van der Waals surface area contributed by atoms with Gasteiger partial charge in [0.2, 0.25) is 0 Å². The van der Waals surface area contributed by atoms with Crippen LogP contribution in [0.2, 0.25) is 0 Å². The second-order valence-electron chi connectivity index (χ2n) is 4.45. The Morgan fingerprint density at radius 1 is 1.42 bits per heavy atom. The molecule has 0 bridgehead atoms. The maximum Gasteiger partial charge on any atom is 0.0113 e. The number of rotatable bonds is 0. The molecular formula is C10H21NS. The van der Waals surface area contributed by atoms with Crippen LogP contribution in [0.5, 0.6) is 0 Å². The third-order valence-electron chi connectivity index (χ3n) is 2.75. The van der Waals surface area contributed by atoms with Gasteiger partial charge in [-0.3, -0.25) is 0 Å². The molecule has 1 rings (SSSR count). The summed E-state index contributed by atoms with van der Waals surface area (Å²) in [5, 5.41) is 3.48. The van der Waals surface area contributed by atoms with E-state index in [0.717, 1.165) is 12.5 Å². The Bertz CT molecular complexity index is 134. The first kappa shape index (κ1) is 10.4. The fraction of sp³-hybridized carbons (Fsp3) is 1.00. The first-order valence-electron chi connectivity index (χ1n) is 5.03.